The van der Waals surface area contributed by atoms with Crippen molar-refractivity contribution in [2.75, 3.05) is 32.8 Å². The first-order valence-corrected chi connectivity index (χ1v) is 8.15. The van der Waals surface area contributed by atoms with Gasteiger partial charge in [0.2, 0.25) is 5.91 Å². The predicted octanol–water partition coefficient (Wildman–Crippen LogP) is 2.07. The molecule has 1 heterocycles. The smallest absolute Gasteiger partial charge is 0.396 e. The monoisotopic (exact) mass is 344 g/mol. The van der Waals surface area contributed by atoms with Gasteiger partial charge in [0.25, 0.3) is 0 Å². The number of alkyl halides is 3. The van der Waals surface area contributed by atoms with Crippen molar-refractivity contribution in [3.8, 4) is 0 Å². The van der Waals surface area contributed by atoms with Crippen molar-refractivity contribution >= 4 is 5.91 Å². The first-order chi connectivity index (χ1) is 11.4. The van der Waals surface area contributed by atoms with Crippen molar-refractivity contribution in [2.24, 2.45) is 5.92 Å². The molecule has 134 valence electrons. The summed E-state index contributed by atoms with van der Waals surface area (Å²) in [5, 5.41) is 11.9. The number of likely N-dealkylation sites (tertiary alicyclic amines) is 1. The molecule has 4 nitrogen and oxygen atoms in total. The zero-order chi connectivity index (χ0) is 17.6. The van der Waals surface area contributed by atoms with Crippen molar-refractivity contribution in [1.82, 2.24) is 10.2 Å². The number of halogens is 3. The lowest BCUT2D eigenvalue weighted by atomic mass is 9.99. The number of aliphatic hydroxyl groups excluding tert-OH is 1. The number of nitrogens with zero attached hydrogens (tertiary/aromatic N) is 1. The fraction of sp³-hybridized carbons (Fsp3) is 0.588. The summed E-state index contributed by atoms with van der Waals surface area (Å²) >= 11 is 0. The average molecular weight is 344 g/mol. The Bertz CT molecular complexity index is 549. The molecule has 0 bridgehead atoms. The van der Waals surface area contributed by atoms with Gasteiger partial charge in [0, 0.05) is 26.2 Å². The van der Waals surface area contributed by atoms with Gasteiger partial charge in [-0.15, -0.1) is 0 Å². The van der Waals surface area contributed by atoms with E-state index >= 15 is 0 Å². The lowest BCUT2D eigenvalue weighted by Gasteiger charge is -2.31. The van der Waals surface area contributed by atoms with Crippen LogP contribution in [0.1, 0.15) is 24.0 Å². The minimum absolute atomic E-state index is 0.0131. The van der Waals surface area contributed by atoms with E-state index in [9.17, 15) is 23.1 Å². The van der Waals surface area contributed by atoms with Crippen molar-refractivity contribution in [1.29, 1.82) is 0 Å². The Morgan fingerprint density at radius 1 is 1.33 bits per heavy atom. The van der Waals surface area contributed by atoms with E-state index in [1.54, 1.807) is 0 Å². The van der Waals surface area contributed by atoms with Crippen LogP contribution in [0, 0.1) is 5.92 Å². The summed E-state index contributed by atoms with van der Waals surface area (Å²) in [6.07, 6.45) is -2.72. The molecule has 2 N–H and O–H groups in total. The zero-order valence-corrected chi connectivity index (χ0v) is 13.5. The van der Waals surface area contributed by atoms with Gasteiger partial charge >= 0.3 is 6.18 Å². The van der Waals surface area contributed by atoms with Crippen LogP contribution in [0.3, 0.4) is 0 Å². The van der Waals surface area contributed by atoms with Crippen LogP contribution >= 0.6 is 0 Å². The summed E-state index contributed by atoms with van der Waals surface area (Å²) in [5.41, 5.74) is -0.775. The Hall–Kier alpha value is -1.60. The Balaban J connectivity index is 1.80. The van der Waals surface area contributed by atoms with Crippen LogP contribution in [0.15, 0.2) is 24.3 Å². The number of rotatable bonds is 6. The summed E-state index contributed by atoms with van der Waals surface area (Å²) in [6, 6.07) is 5.14. The number of amides is 1. The first kappa shape index (κ1) is 18.7. The molecular weight excluding hydrogens is 321 g/mol. The van der Waals surface area contributed by atoms with E-state index < -0.39 is 17.6 Å². The Morgan fingerprint density at radius 2 is 2.08 bits per heavy atom. The van der Waals surface area contributed by atoms with Crippen LogP contribution in [0.4, 0.5) is 13.2 Å². The molecule has 7 heteroatoms. The Kier molecular flexibility index (Phi) is 6.62. The maximum absolute atomic E-state index is 12.9. The van der Waals surface area contributed by atoms with Crippen LogP contribution in [0.2, 0.25) is 0 Å². The second-order valence-electron chi connectivity index (χ2n) is 6.17. The quantitative estimate of drug-likeness (QED) is 0.831. The maximum Gasteiger partial charge on any atom is 0.416 e. The molecular formula is C17H23F3N2O2. The van der Waals surface area contributed by atoms with Crippen LogP contribution in [-0.4, -0.2) is 48.7 Å². The van der Waals surface area contributed by atoms with E-state index in [0.717, 1.165) is 32.0 Å². The molecule has 2 rings (SSSR count). The van der Waals surface area contributed by atoms with Gasteiger partial charge in [0.05, 0.1) is 12.0 Å². The van der Waals surface area contributed by atoms with E-state index in [1.165, 1.54) is 18.2 Å². The summed E-state index contributed by atoms with van der Waals surface area (Å²) in [5.74, 6) is -0.143. The predicted molar refractivity (Wildman–Crippen MR) is 84.4 cm³/mol. The van der Waals surface area contributed by atoms with E-state index in [0.29, 0.717) is 13.1 Å². The van der Waals surface area contributed by atoms with E-state index in [-0.39, 0.29) is 24.5 Å². The molecule has 0 radical (unpaired) electrons. The molecule has 24 heavy (non-hydrogen) atoms. The summed E-state index contributed by atoms with van der Waals surface area (Å²) in [4.78, 5) is 14.1. The number of hydrogen-bond acceptors (Lipinski definition) is 3. The highest BCUT2D eigenvalue weighted by atomic mass is 19.4. The third-order valence-corrected chi connectivity index (χ3v) is 4.29. The van der Waals surface area contributed by atoms with Gasteiger partial charge in [0.1, 0.15) is 0 Å². The van der Waals surface area contributed by atoms with Crippen LogP contribution in [0.25, 0.3) is 0 Å². The number of piperidine rings is 1. The molecule has 1 aromatic carbocycles. The highest BCUT2D eigenvalue weighted by Crippen LogP contribution is 2.31. The molecule has 1 atom stereocenters. The number of carbonyl (C=O) groups excluding carboxylic acids is 1. The van der Waals surface area contributed by atoms with E-state index in [4.69, 9.17) is 0 Å². The number of carbonyl (C=O) groups is 1. The second kappa shape index (κ2) is 8.48. The largest absolute Gasteiger partial charge is 0.416 e. The SMILES string of the molecule is O=C(Cc1ccccc1C(F)(F)F)NCCN1CCC[C@H](CO)C1. The minimum Gasteiger partial charge on any atom is -0.396 e. The second-order valence-corrected chi connectivity index (χ2v) is 6.17. The number of hydrogen-bond donors (Lipinski definition) is 2. The highest BCUT2D eigenvalue weighted by Gasteiger charge is 2.33. The van der Waals surface area contributed by atoms with Crippen LogP contribution < -0.4 is 5.32 Å². The van der Waals surface area contributed by atoms with Crippen molar-refractivity contribution in [3.63, 3.8) is 0 Å². The molecule has 0 unspecified atom stereocenters. The molecule has 1 amide bonds. The van der Waals surface area contributed by atoms with Gasteiger partial charge in [-0.25, -0.2) is 0 Å². The van der Waals surface area contributed by atoms with Gasteiger partial charge in [-0.3, -0.25) is 4.79 Å². The van der Waals surface area contributed by atoms with E-state index in [1.807, 2.05) is 0 Å². The Labute approximate surface area is 139 Å². The van der Waals surface area contributed by atoms with Crippen LogP contribution in [0.5, 0.6) is 0 Å². The lowest BCUT2D eigenvalue weighted by molar-refractivity contribution is -0.138. The average Bonchev–Trinajstić information content (AvgIpc) is 2.54. The van der Waals surface area contributed by atoms with Gasteiger partial charge in [-0.05, 0) is 36.9 Å². The van der Waals surface area contributed by atoms with Crippen molar-refractivity contribution in [2.45, 2.75) is 25.4 Å². The summed E-state index contributed by atoms with van der Waals surface area (Å²) < 4.78 is 38.7. The molecule has 1 aliphatic rings. The van der Waals surface area contributed by atoms with E-state index in [2.05, 4.69) is 10.2 Å². The molecule has 1 saturated heterocycles. The van der Waals surface area contributed by atoms with Crippen molar-refractivity contribution < 1.29 is 23.1 Å². The molecule has 0 aromatic heterocycles. The normalized spacial score (nSPS) is 19.2. The number of benzene rings is 1. The van der Waals surface area contributed by atoms with Gasteiger partial charge in [0.15, 0.2) is 0 Å². The molecule has 0 aliphatic carbocycles. The Morgan fingerprint density at radius 3 is 2.79 bits per heavy atom. The summed E-state index contributed by atoms with van der Waals surface area (Å²) in [6.45, 7) is 2.91. The molecule has 0 saturated carbocycles. The number of aliphatic hydroxyl groups is 1. The lowest BCUT2D eigenvalue weighted by Crippen LogP contribution is -2.41. The van der Waals surface area contributed by atoms with Crippen LogP contribution in [-0.2, 0) is 17.4 Å². The maximum atomic E-state index is 12.9. The molecule has 1 aliphatic heterocycles. The fourth-order valence-corrected chi connectivity index (χ4v) is 3.04. The standard InChI is InChI=1S/C17H23F3N2O2/c18-17(19,20)15-6-2-1-5-14(15)10-16(24)21-7-9-22-8-3-4-13(11-22)12-23/h1-2,5-6,13,23H,3-4,7-12H2,(H,21,24)/t13-/m0/s1. The number of nitrogens with one attached hydrogen (secondary N) is 1. The third-order valence-electron chi connectivity index (χ3n) is 4.29. The van der Waals surface area contributed by atoms with Crippen molar-refractivity contribution in [3.05, 3.63) is 35.4 Å². The third kappa shape index (κ3) is 5.49. The minimum atomic E-state index is -4.45. The summed E-state index contributed by atoms with van der Waals surface area (Å²) in [7, 11) is 0. The zero-order valence-electron chi connectivity index (χ0n) is 13.5. The van der Waals surface area contributed by atoms with Gasteiger partial charge in [-0.2, -0.15) is 13.2 Å². The van der Waals surface area contributed by atoms with Gasteiger partial charge < -0.3 is 15.3 Å². The highest BCUT2D eigenvalue weighted by molar-refractivity contribution is 5.79. The topological polar surface area (TPSA) is 52.6 Å². The molecule has 1 fully saturated rings. The molecule has 1 aromatic rings. The molecule has 0 spiro atoms. The fourth-order valence-electron chi connectivity index (χ4n) is 3.04. The first-order valence-electron chi connectivity index (χ1n) is 8.15. The van der Waals surface area contributed by atoms with Gasteiger partial charge in [-0.1, -0.05) is 18.2 Å².